The summed E-state index contributed by atoms with van der Waals surface area (Å²) in [6, 6.07) is 12.4. The van der Waals surface area contributed by atoms with E-state index in [0.717, 1.165) is 0 Å². The number of carbonyl (C=O) groups is 1. The molecular formula is C16H10Cl2FN3O. The third-order valence-corrected chi connectivity index (χ3v) is 3.91. The average molecular weight is 350 g/mol. The Bertz CT molecular complexity index is 879. The molecule has 3 aromatic rings. The topological polar surface area (TPSA) is 46.9 Å². The maximum atomic E-state index is 13.2. The summed E-state index contributed by atoms with van der Waals surface area (Å²) in [5.41, 5.74) is 1.08. The molecule has 7 heteroatoms. The van der Waals surface area contributed by atoms with Crippen LogP contribution in [0, 0.1) is 5.82 Å². The van der Waals surface area contributed by atoms with E-state index >= 15 is 0 Å². The van der Waals surface area contributed by atoms with Gasteiger partial charge in [0.05, 0.1) is 21.4 Å². The highest BCUT2D eigenvalue weighted by Crippen LogP contribution is 2.29. The molecule has 1 heterocycles. The average Bonchev–Trinajstić information content (AvgIpc) is 3.02. The number of benzene rings is 2. The molecule has 3 rings (SSSR count). The predicted octanol–water partition coefficient (Wildman–Crippen LogP) is 4.57. The third-order valence-electron chi connectivity index (χ3n) is 3.09. The molecule has 0 aliphatic carbocycles. The zero-order valence-corrected chi connectivity index (χ0v) is 13.1. The number of hydrogen-bond acceptors (Lipinski definition) is 2. The normalized spacial score (nSPS) is 10.6. The SMILES string of the molecule is O=C(Nc1cccc(Cl)c1Cl)c1ccn(-c2cccc(F)c2)n1. The first kappa shape index (κ1) is 15.5. The summed E-state index contributed by atoms with van der Waals surface area (Å²) in [5, 5.41) is 7.37. The van der Waals surface area contributed by atoms with Crippen molar-refractivity contribution >= 4 is 34.8 Å². The highest BCUT2D eigenvalue weighted by Gasteiger charge is 2.13. The van der Waals surface area contributed by atoms with Gasteiger partial charge in [-0.2, -0.15) is 5.10 Å². The molecule has 116 valence electrons. The molecule has 0 bridgehead atoms. The highest BCUT2D eigenvalue weighted by molar-refractivity contribution is 6.44. The number of nitrogens with one attached hydrogen (secondary N) is 1. The van der Waals surface area contributed by atoms with E-state index in [1.54, 1.807) is 36.5 Å². The van der Waals surface area contributed by atoms with Gasteiger partial charge in [0.1, 0.15) is 5.82 Å². The van der Waals surface area contributed by atoms with Gasteiger partial charge in [0, 0.05) is 6.20 Å². The second-order valence-electron chi connectivity index (χ2n) is 4.68. The minimum absolute atomic E-state index is 0.172. The molecule has 0 aliphatic heterocycles. The second kappa shape index (κ2) is 6.40. The molecule has 0 spiro atoms. The summed E-state index contributed by atoms with van der Waals surface area (Å²) >= 11 is 11.9. The second-order valence-corrected chi connectivity index (χ2v) is 5.47. The van der Waals surface area contributed by atoms with Crippen molar-refractivity contribution in [2.45, 2.75) is 0 Å². The van der Waals surface area contributed by atoms with E-state index in [0.29, 0.717) is 16.4 Å². The summed E-state index contributed by atoms with van der Waals surface area (Å²) in [6.45, 7) is 0. The number of carbonyl (C=O) groups excluding carboxylic acids is 1. The highest BCUT2D eigenvalue weighted by atomic mass is 35.5. The Morgan fingerprint density at radius 3 is 2.70 bits per heavy atom. The maximum absolute atomic E-state index is 13.2. The third kappa shape index (κ3) is 3.36. The van der Waals surface area contributed by atoms with Gasteiger partial charge >= 0.3 is 0 Å². The lowest BCUT2D eigenvalue weighted by atomic mass is 10.3. The summed E-state index contributed by atoms with van der Waals surface area (Å²) in [7, 11) is 0. The van der Waals surface area contributed by atoms with Crippen molar-refractivity contribution in [3.63, 3.8) is 0 Å². The number of anilines is 1. The van der Waals surface area contributed by atoms with Crippen LogP contribution in [-0.4, -0.2) is 15.7 Å². The lowest BCUT2D eigenvalue weighted by Crippen LogP contribution is -2.13. The minimum atomic E-state index is -0.440. The van der Waals surface area contributed by atoms with Gasteiger partial charge in [-0.05, 0) is 36.4 Å². The van der Waals surface area contributed by atoms with Crippen LogP contribution in [0.5, 0.6) is 0 Å². The number of hydrogen-bond donors (Lipinski definition) is 1. The van der Waals surface area contributed by atoms with Gasteiger partial charge in [0.25, 0.3) is 5.91 Å². The fourth-order valence-corrected chi connectivity index (χ4v) is 2.34. The van der Waals surface area contributed by atoms with Crippen LogP contribution in [0.15, 0.2) is 54.7 Å². The lowest BCUT2D eigenvalue weighted by molar-refractivity contribution is 0.102. The summed E-state index contributed by atoms with van der Waals surface area (Å²) in [6.07, 6.45) is 1.57. The molecule has 0 saturated heterocycles. The van der Waals surface area contributed by atoms with Gasteiger partial charge in [-0.25, -0.2) is 9.07 Å². The molecule has 0 fully saturated rings. The summed E-state index contributed by atoms with van der Waals surface area (Å²) in [5.74, 6) is -0.820. The van der Waals surface area contributed by atoms with Crippen molar-refractivity contribution in [2.75, 3.05) is 5.32 Å². The molecule has 2 aromatic carbocycles. The van der Waals surface area contributed by atoms with Crippen molar-refractivity contribution in [3.8, 4) is 5.69 Å². The maximum Gasteiger partial charge on any atom is 0.276 e. The smallest absolute Gasteiger partial charge is 0.276 e. The molecule has 23 heavy (non-hydrogen) atoms. The Morgan fingerprint density at radius 1 is 1.13 bits per heavy atom. The first-order chi connectivity index (χ1) is 11.0. The number of rotatable bonds is 3. The van der Waals surface area contributed by atoms with Crippen LogP contribution in [-0.2, 0) is 0 Å². The van der Waals surface area contributed by atoms with Gasteiger partial charge in [0.15, 0.2) is 5.69 Å². The predicted molar refractivity (Wildman–Crippen MR) is 87.9 cm³/mol. The number of nitrogens with zero attached hydrogens (tertiary/aromatic N) is 2. The molecule has 0 aliphatic rings. The molecule has 1 aromatic heterocycles. The fourth-order valence-electron chi connectivity index (χ4n) is 1.99. The molecule has 0 unspecified atom stereocenters. The quantitative estimate of drug-likeness (QED) is 0.752. The Labute approximate surface area is 141 Å². The van der Waals surface area contributed by atoms with Crippen LogP contribution in [0.2, 0.25) is 10.0 Å². The van der Waals surface area contributed by atoms with E-state index in [9.17, 15) is 9.18 Å². The molecular weight excluding hydrogens is 340 g/mol. The van der Waals surface area contributed by atoms with E-state index in [1.165, 1.54) is 22.9 Å². The van der Waals surface area contributed by atoms with Crippen LogP contribution < -0.4 is 5.32 Å². The van der Waals surface area contributed by atoms with Crippen LogP contribution in [0.3, 0.4) is 0 Å². The Kier molecular flexibility index (Phi) is 4.32. The van der Waals surface area contributed by atoms with Crippen molar-refractivity contribution in [1.82, 2.24) is 9.78 Å². The van der Waals surface area contributed by atoms with Crippen LogP contribution >= 0.6 is 23.2 Å². The first-order valence-electron chi connectivity index (χ1n) is 6.61. The van der Waals surface area contributed by atoms with Crippen molar-refractivity contribution in [3.05, 3.63) is 76.3 Å². The number of halogens is 3. The van der Waals surface area contributed by atoms with Gasteiger partial charge in [-0.1, -0.05) is 35.3 Å². The van der Waals surface area contributed by atoms with Crippen molar-refractivity contribution < 1.29 is 9.18 Å². The van der Waals surface area contributed by atoms with Crippen molar-refractivity contribution in [1.29, 1.82) is 0 Å². The van der Waals surface area contributed by atoms with Crippen molar-refractivity contribution in [2.24, 2.45) is 0 Å². The fraction of sp³-hybridized carbons (Fsp3) is 0. The van der Waals surface area contributed by atoms with Gasteiger partial charge < -0.3 is 5.32 Å². The molecule has 1 N–H and O–H groups in total. The first-order valence-corrected chi connectivity index (χ1v) is 7.37. The number of amides is 1. The zero-order chi connectivity index (χ0) is 16.4. The molecule has 0 saturated carbocycles. The molecule has 0 atom stereocenters. The largest absolute Gasteiger partial charge is 0.319 e. The molecule has 4 nitrogen and oxygen atoms in total. The van der Waals surface area contributed by atoms with Crippen LogP contribution in [0.1, 0.15) is 10.5 Å². The van der Waals surface area contributed by atoms with Gasteiger partial charge in [-0.3, -0.25) is 4.79 Å². The van der Waals surface area contributed by atoms with E-state index < -0.39 is 5.91 Å². The standard InChI is InChI=1S/C16H10Cl2FN3O/c17-12-5-2-6-13(15(12)18)20-16(23)14-7-8-22(21-14)11-4-1-3-10(19)9-11/h1-9H,(H,20,23). The van der Waals surface area contributed by atoms with Crippen LogP contribution in [0.25, 0.3) is 5.69 Å². The van der Waals surface area contributed by atoms with E-state index in [2.05, 4.69) is 10.4 Å². The van der Waals surface area contributed by atoms with Gasteiger partial charge in [0.2, 0.25) is 0 Å². The Balaban J connectivity index is 1.83. The zero-order valence-electron chi connectivity index (χ0n) is 11.6. The Morgan fingerprint density at radius 2 is 1.91 bits per heavy atom. The van der Waals surface area contributed by atoms with E-state index in [4.69, 9.17) is 23.2 Å². The number of aromatic nitrogens is 2. The van der Waals surface area contributed by atoms with E-state index in [-0.39, 0.29) is 16.5 Å². The summed E-state index contributed by atoms with van der Waals surface area (Å²) < 4.78 is 14.7. The summed E-state index contributed by atoms with van der Waals surface area (Å²) in [4.78, 5) is 12.2. The minimum Gasteiger partial charge on any atom is -0.319 e. The van der Waals surface area contributed by atoms with Crippen LogP contribution in [0.4, 0.5) is 10.1 Å². The monoisotopic (exact) mass is 349 g/mol. The van der Waals surface area contributed by atoms with E-state index in [1.807, 2.05) is 0 Å². The lowest BCUT2D eigenvalue weighted by Gasteiger charge is -2.06. The molecule has 0 radical (unpaired) electrons. The van der Waals surface area contributed by atoms with Gasteiger partial charge in [-0.15, -0.1) is 0 Å². The Hall–Kier alpha value is -2.37. The molecule has 1 amide bonds.